The molecule has 0 aliphatic carbocycles. The number of hydrogen-bond acceptors (Lipinski definition) is 5. The predicted molar refractivity (Wildman–Crippen MR) is 68.3 cm³/mol. The van der Waals surface area contributed by atoms with E-state index in [9.17, 15) is 5.11 Å². The highest BCUT2D eigenvalue weighted by Crippen LogP contribution is 2.28. The third kappa shape index (κ3) is 2.41. The quantitative estimate of drug-likeness (QED) is 0.859. The van der Waals surface area contributed by atoms with Crippen LogP contribution in [0.5, 0.6) is 11.6 Å². The second-order valence-electron chi connectivity index (χ2n) is 3.76. The molecule has 1 heterocycles. The third-order valence-corrected chi connectivity index (χ3v) is 2.64. The fourth-order valence-electron chi connectivity index (χ4n) is 1.67. The van der Waals surface area contributed by atoms with E-state index in [4.69, 9.17) is 10.5 Å². The van der Waals surface area contributed by atoms with Crippen LogP contribution >= 0.6 is 0 Å². The van der Waals surface area contributed by atoms with Crippen molar-refractivity contribution in [3.63, 3.8) is 0 Å². The van der Waals surface area contributed by atoms with E-state index in [0.717, 1.165) is 5.56 Å². The molecule has 0 spiro atoms. The summed E-state index contributed by atoms with van der Waals surface area (Å²) in [6, 6.07) is 7.26. The van der Waals surface area contributed by atoms with Crippen molar-refractivity contribution in [3.8, 4) is 11.6 Å². The molecule has 0 amide bonds. The maximum Gasteiger partial charge on any atom is 0.227 e. The number of aromatic nitrogens is 2. The smallest absolute Gasteiger partial charge is 0.227 e. The van der Waals surface area contributed by atoms with E-state index in [1.807, 2.05) is 19.1 Å². The molecule has 0 bridgehead atoms. The van der Waals surface area contributed by atoms with Gasteiger partial charge < -0.3 is 15.6 Å². The van der Waals surface area contributed by atoms with Crippen LogP contribution in [0.15, 0.2) is 30.6 Å². The molecule has 0 saturated carbocycles. The highest BCUT2D eigenvalue weighted by atomic mass is 16.5. The van der Waals surface area contributed by atoms with Crippen LogP contribution in [0, 0.1) is 0 Å². The van der Waals surface area contributed by atoms with Gasteiger partial charge in [0, 0.05) is 5.56 Å². The SMILES string of the molecule is CCc1c(N)ncnc1Oc1ccccc1CO. The van der Waals surface area contributed by atoms with Gasteiger partial charge in [0.05, 0.1) is 12.2 Å². The molecule has 0 atom stereocenters. The van der Waals surface area contributed by atoms with Crippen molar-refractivity contribution < 1.29 is 9.84 Å². The zero-order valence-corrected chi connectivity index (χ0v) is 10.1. The van der Waals surface area contributed by atoms with Gasteiger partial charge in [-0.3, -0.25) is 0 Å². The number of nitrogens with zero attached hydrogens (tertiary/aromatic N) is 2. The lowest BCUT2D eigenvalue weighted by molar-refractivity contribution is 0.276. The number of hydrogen-bond donors (Lipinski definition) is 2. The molecule has 18 heavy (non-hydrogen) atoms. The molecule has 0 aliphatic rings. The Kier molecular flexibility index (Phi) is 3.74. The normalized spacial score (nSPS) is 10.3. The molecular formula is C13H15N3O2. The van der Waals surface area contributed by atoms with Gasteiger partial charge in [0.2, 0.25) is 5.88 Å². The van der Waals surface area contributed by atoms with Gasteiger partial charge in [0.15, 0.2) is 0 Å². The number of nitrogen functional groups attached to an aromatic ring is 1. The molecule has 5 nitrogen and oxygen atoms in total. The zero-order chi connectivity index (χ0) is 13.0. The van der Waals surface area contributed by atoms with Gasteiger partial charge in [-0.25, -0.2) is 9.97 Å². The van der Waals surface area contributed by atoms with Crippen LogP contribution in [0.1, 0.15) is 18.1 Å². The minimum atomic E-state index is -0.0851. The highest BCUT2D eigenvalue weighted by molar-refractivity contribution is 5.46. The van der Waals surface area contributed by atoms with E-state index in [2.05, 4.69) is 9.97 Å². The standard InChI is InChI=1S/C13H15N3O2/c1-2-10-12(14)15-8-16-13(10)18-11-6-4-3-5-9(11)7-17/h3-6,8,17H,2,7H2,1H3,(H2,14,15,16). The Balaban J connectivity index is 2.37. The van der Waals surface area contributed by atoms with Gasteiger partial charge in [-0.05, 0) is 12.5 Å². The minimum absolute atomic E-state index is 0.0851. The van der Waals surface area contributed by atoms with Crippen molar-refractivity contribution >= 4 is 5.82 Å². The van der Waals surface area contributed by atoms with E-state index in [-0.39, 0.29) is 6.61 Å². The largest absolute Gasteiger partial charge is 0.438 e. The molecule has 3 N–H and O–H groups in total. The fourth-order valence-corrected chi connectivity index (χ4v) is 1.67. The first kappa shape index (κ1) is 12.3. The van der Waals surface area contributed by atoms with Crippen molar-refractivity contribution in [2.24, 2.45) is 0 Å². The number of anilines is 1. The van der Waals surface area contributed by atoms with Crippen LogP contribution in [-0.4, -0.2) is 15.1 Å². The van der Waals surface area contributed by atoms with Crippen LogP contribution in [0.4, 0.5) is 5.82 Å². The molecule has 2 rings (SSSR count). The molecule has 2 aromatic rings. The Labute approximate surface area is 105 Å². The highest BCUT2D eigenvalue weighted by Gasteiger charge is 2.11. The molecule has 94 valence electrons. The van der Waals surface area contributed by atoms with Crippen LogP contribution in [0.3, 0.4) is 0 Å². The lowest BCUT2D eigenvalue weighted by atomic mass is 10.2. The Morgan fingerprint density at radius 3 is 2.78 bits per heavy atom. The minimum Gasteiger partial charge on any atom is -0.438 e. The molecule has 0 radical (unpaired) electrons. The molecular weight excluding hydrogens is 230 g/mol. The number of aliphatic hydroxyl groups is 1. The average Bonchev–Trinajstić information content (AvgIpc) is 2.40. The van der Waals surface area contributed by atoms with Gasteiger partial charge in [-0.2, -0.15) is 0 Å². The zero-order valence-electron chi connectivity index (χ0n) is 10.1. The Morgan fingerprint density at radius 2 is 2.06 bits per heavy atom. The summed E-state index contributed by atoms with van der Waals surface area (Å²) < 4.78 is 5.71. The first-order chi connectivity index (χ1) is 8.76. The summed E-state index contributed by atoms with van der Waals surface area (Å²) in [7, 11) is 0. The Bertz CT molecular complexity index is 544. The fraction of sp³-hybridized carbons (Fsp3) is 0.231. The topological polar surface area (TPSA) is 81.3 Å². The maximum absolute atomic E-state index is 9.24. The summed E-state index contributed by atoms with van der Waals surface area (Å²) in [6.07, 6.45) is 2.05. The lowest BCUT2D eigenvalue weighted by Crippen LogP contribution is -2.02. The summed E-state index contributed by atoms with van der Waals surface area (Å²) in [6.45, 7) is 1.87. The van der Waals surface area contributed by atoms with Crippen LogP contribution in [0.25, 0.3) is 0 Å². The number of rotatable bonds is 4. The van der Waals surface area contributed by atoms with E-state index in [1.54, 1.807) is 12.1 Å². The van der Waals surface area contributed by atoms with Crippen molar-refractivity contribution in [2.75, 3.05) is 5.73 Å². The third-order valence-electron chi connectivity index (χ3n) is 2.64. The lowest BCUT2D eigenvalue weighted by Gasteiger charge is -2.12. The number of nitrogens with two attached hydrogens (primary N) is 1. The summed E-state index contributed by atoms with van der Waals surface area (Å²) in [4.78, 5) is 8.02. The van der Waals surface area contributed by atoms with E-state index < -0.39 is 0 Å². The maximum atomic E-state index is 9.24. The molecule has 0 fully saturated rings. The first-order valence-corrected chi connectivity index (χ1v) is 5.72. The van der Waals surface area contributed by atoms with E-state index in [0.29, 0.717) is 29.4 Å². The van der Waals surface area contributed by atoms with Gasteiger partial charge in [0.25, 0.3) is 0 Å². The first-order valence-electron chi connectivity index (χ1n) is 5.72. The summed E-state index contributed by atoms with van der Waals surface area (Å²) >= 11 is 0. The number of aliphatic hydroxyl groups excluding tert-OH is 1. The molecule has 1 aromatic heterocycles. The monoisotopic (exact) mass is 245 g/mol. The molecule has 5 heteroatoms. The molecule has 1 aromatic carbocycles. The number of para-hydroxylation sites is 1. The van der Waals surface area contributed by atoms with Crippen molar-refractivity contribution in [1.82, 2.24) is 9.97 Å². The van der Waals surface area contributed by atoms with E-state index in [1.165, 1.54) is 6.33 Å². The van der Waals surface area contributed by atoms with Gasteiger partial charge in [-0.1, -0.05) is 25.1 Å². The van der Waals surface area contributed by atoms with Crippen molar-refractivity contribution in [1.29, 1.82) is 0 Å². The molecule has 0 saturated heterocycles. The van der Waals surface area contributed by atoms with Crippen molar-refractivity contribution in [2.45, 2.75) is 20.0 Å². The number of benzene rings is 1. The van der Waals surface area contributed by atoms with Gasteiger partial charge in [0.1, 0.15) is 17.9 Å². The van der Waals surface area contributed by atoms with Crippen LogP contribution in [0.2, 0.25) is 0 Å². The molecule has 0 unspecified atom stereocenters. The predicted octanol–water partition coefficient (Wildman–Crippen LogP) is 1.91. The van der Waals surface area contributed by atoms with E-state index >= 15 is 0 Å². The van der Waals surface area contributed by atoms with Crippen molar-refractivity contribution in [3.05, 3.63) is 41.7 Å². The van der Waals surface area contributed by atoms with Crippen LogP contribution < -0.4 is 10.5 Å². The second-order valence-corrected chi connectivity index (χ2v) is 3.76. The molecule has 0 aliphatic heterocycles. The van der Waals surface area contributed by atoms with Crippen LogP contribution in [-0.2, 0) is 13.0 Å². The second kappa shape index (κ2) is 5.46. The van der Waals surface area contributed by atoms with Gasteiger partial charge >= 0.3 is 0 Å². The summed E-state index contributed by atoms with van der Waals surface area (Å²) in [5.74, 6) is 1.43. The summed E-state index contributed by atoms with van der Waals surface area (Å²) in [5.41, 5.74) is 7.25. The Morgan fingerprint density at radius 1 is 1.28 bits per heavy atom. The average molecular weight is 245 g/mol. The Hall–Kier alpha value is -2.14. The number of ether oxygens (including phenoxy) is 1. The van der Waals surface area contributed by atoms with Gasteiger partial charge in [-0.15, -0.1) is 0 Å². The summed E-state index contributed by atoms with van der Waals surface area (Å²) in [5, 5.41) is 9.24.